The number of hydrogen-bond acceptors (Lipinski definition) is 3. The Hall–Kier alpha value is -0.460. The summed E-state index contributed by atoms with van der Waals surface area (Å²) in [6.07, 6.45) is 1.70. The van der Waals surface area contributed by atoms with Gasteiger partial charge in [-0.2, -0.15) is 0 Å². The Kier molecular flexibility index (Phi) is 3.61. The summed E-state index contributed by atoms with van der Waals surface area (Å²) in [5.74, 6) is 0.444. The van der Waals surface area contributed by atoms with Gasteiger partial charge in [0.1, 0.15) is 16.0 Å². The van der Waals surface area contributed by atoms with Crippen molar-refractivity contribution < 1.29 is 0 Å². The first-order chi connectivity index (χ1) is 7.58. The van der Waals surface area contributed by atoms with Gasteiger partial charge >= 0.3 is 0 Å². The predicted octanol–water partition coefficient (Wildman–Crippen LogP) is 3.76. The topological polar surface area (TPSA) is 38.7 Å². The molecule has 0 amide bonds. The SMILES string of the molecule is Cc1ccnc(-c2nc(Cl)c(I)c(Cl)n2)c1. The lowest BCUT2D eigenvalue weighted by Gasteiger charge is -2.03. The number of aromatic nitrogens is 3. The van der Waals surface area contributed by atoms with Crippen LogP contribution in [0.4, 0.5) is 0 Å². The summed E-state index contributed by atoms with van der Waals surface area (Å²) in [6.45, 7) is 1.97. The molecule has 0 aliphatic carbocycles. The van der Waals surface area contributed by atoms with Crippen molar-refractivity contribution in [3.8, 4) is 11.5 Å². The van der Waals surface area contributed by atoms with Crippen LogP contribution in [0.1, 0.15) is 5.56 Å². The number of nitrogens with zero attached hydrogens (tertiary/aromatic N) is 3. The van der Waals surface area contributed by atoms with Crippen molar-refractivity contribution in [2.24, 2.45) is 0 Å². The van der Waals surface area contributed by atoms with Gasteiger partial charge in [0.2, 0.25) is 0 Å². The second kappa shape index (κ2) is 4.81. The van der Waals surface area contributed by atoms with E-state index < -0.39 is 0 Å². The Morgan fingerprint density at radius 2 is 1.81 bits per heavy atom. The van der Waals surface area contributed by atoms with Crippen LogP contribution in [-0.2, 0) is 0 Å². The van der Waals surface area contributed by atoms with Crippen LogP contribution in [0, 0.1) is 10.5 Å². The van der Waals surface area contributed by atoms with Crippen LogP contribution in [-0.4, -0.2) is 15.0 Å². The third-order valence-electron chi connectivity index (χ3n) is 1.91. The van der Waals surface area contributed by atoms with E-state index >= 15 is 0 Å². The van der Waals surface area contributed by atoms with Gasteiger partial charge in [-0.1, -0.05) is 23.2 Å². The average Bonchev–Trinajstić information content (AvgIpc) is 2.25. The van der Waals surface area contributed by atoms with Crippen molar-refractivity contribution >= 4 is 45.8 Å². The normalized spacial score (nSPS) is 10.5. The first-order valence-electron chi connectivity index (χ1n) is 4.39. The summed E-state index contributed by atoms with van der Waals surface area (Å²) in [6, 6.07) is 3.79. The minimum absolute atomic E-state index is 0.346. The molecule has 0 unspecified atom stereocenters. The van der Waals surface area contributed by atoms with Crippen molar-refractivity contribution in [2.75, 3.05) is 0 Å². The van der Waals surface area contributed by atoms with E-state index in [4.69, 9.17) is 23.2 Å². The minimum Gasteiger partial charge on any atom is -0.253 e. The van der Waals surface area contributed by atoms with E-state index in [1.54, 1.807) is 6.20 Å². The highest BCUT2D eigenvalue weighted by atomic mass is 127. The molecule has 16 heavy (non-hydrogen) atoms. The number of aryl methyl sites for hydroxylation is 1. The molecule has 0 bridgehead atoms. The van der Waals surface area contributed by atoms with Crippen LogP contribution in [0.15, 0.2) is 18.3 Å². The molecule has 2 rings (SSSR count). The van der Waals surface area contributed by atoms with Gasteiger partial charge in [-0.15, -0.1) is 0 Å². The molecule has 82 valence electrons. The van der Waals surface area contributed by atoms with Gasteiger partial charge in [0.25, 0.3) is 0 Å². The third kappa shape index (κ3) is 2.44. The molecule has 0 saturated heterocycles. The lowest BCUT2D eigenvalue weighted by Crippen LogP contribution is -1.95. The molecule has 0 aromatic carbocycles. The van der Waals surface area contributed by atoms with E-state index in [2.05, 4.69) is 15.0 Å². The first kappa shape index (κ1) is 12.0. The van der Waals surface area contributed by atoms with Crippen LogP contribution < -0.4 is 0 Å². The number of pyridine rings is 1. The maximum absolute atomic E-state index is 5.94. The van der Waals surface area contributed by atoms with Gasteiger partial charge in [-0.25, -0.2) is 9.97 Å². The smallest absolute Gasteiger partial charge is 0.181 e. The number of hydrogen-bond donors (Lipinski definition) is 0. The second-order valence-corrected chi connectivity index (χ2v) is 4.96. The fourth-order valence-electron chi connectivity index (χ4n) is 1.17. The highest BCUT2D eigenvalue weighted by Gasteiger charge is 2.11. The zero-order valence-corrected chi connectivity index (χ0v) is 11.9. The summed E-state index contributed by atoms with van der Waals surface area (Å²) in [4.78, 5) is 12.5. The van der Waals surface area contributed by atoms with Crippen LogP contribution in [0.3, 0.4) is 0 Å². The minimum atomic E-state index is 0.346. The highest BCUT2D eigenvalue weighted by molar-refractivity contribution is 14.1. The molecule has 6 heteroatoms. The summed E-state index contributed by atoms with van der Waals surface area (Å²) in [5, 5.41) is 0.692. The monoisotopic (exact) mass is 365 g/mol. The van der Waals surface area contributed by atoms with Gasteiger partial charge < -0.3 is 0 Å². The highest BCUT2D eigenvalue weighted by Crippen LogP contribution is 2.26. The van der Waals surface area contributed by atoms with E-state index in [9.17, 15) is 0 Å². The van der Waals surface area contributed by atoms with Crippen molar-refractivity contribution in [1.29, 1.82) is 0 Å². The molecule has 2 aromatic heterocycles. The van der Waals surface area contributed by atoms with E-state index in [0.29, 0.717) is 25.4 Å². The van der Waals surface area contributed by atoms with Crippen molar-refractivity contribution in [3.05, 3.63) is 37.8 Å². The first-order valence-corrected chi connectivity index (χ1v) is 6.23. The molecule has 2 aromatic rings. The number of halogens is 3. The zero-order chi connectivity index (χ0) is 11.7. The Labute approximate surface area is 116 Å². The summed E-state index contributed by atoms with van der Waals surface area (Å²) >= 11 is 13.9. The molecule has 0 saturated carbocycles. The van der Waals surface area contributed by atoms with E-state index in [-0.39, 0.29) is 0 Å². The Bertz CT molecular complexity index is 522. The van der Waals surface area contributed by atoms with Crippen molar-refractivity contribution in [1.82, 2.24) is 15.0 Å². The summed E-state index contributed by atoms with van der Waals surface area (Å²) < 4.78 is 0.650. The maximum Gasteiger partial charge on any atom is 0.181 e. The van der Waals surface area contributed by atoms with Crippen molar-refractivity contribution in [2.45, 2.75) is 6.92 Å². The zero-order valence-electron chi connectivity index (χ0n) is 8.21. The predicted molar refractivity (Wildman–Crippen MR) is 72.7 cm³/mol. The summed E-state index contributed by atoms with van der Waals surface area (Å²) in [5.41, 5.74) is 1.75. The fraction of sp³-hybridized carbons (Fsp3) is 0.100. The summed E-state index contributed by atoms with van der Waals surface area (Å²) in [7, 11) is 0. The van der Waals surface area contributed by atoms with Crippen LogP contribution in [0.2, 0.25) is 10.3 Å². The molecule has 2 heterocycles. The van der Waals surface area contributed by atoms with E-state index in [1.165, 1.54) is 0 Å². The lowest BCUT2D eigenvalue weighted by molar-refractivity contribution is 1.12. The second-order valence-electron chi connectivity index (χ2n) is 3.16. The van der Waals surface area contributed by atoms with E-state index in [0.717, 1.165) is 5.56 Å². The quantitative estimate of drug-likeness (QED) is 0.570. The molecular weight excluding hydrogens is 360 g/mol. The third-order valence-corrected chi connectivity index (χ3v) is 4.12. The average molecular weight is 366 g/mol. The molecule has 0 aliphatic rings. The molecular formula is C10H6Cl2IN3. The van der Waals surface area contributed by atoms with Gasteiger partial charge in [0, 0.05) is 6.20 Å². The van der Waals surface area contributed by atoms with Gasteiger partial charge in [0.15, 0.2) is 5.82 Å². The lowest BCUT2D eigenvalue weighted by atomic mass is 10.2. The molecule has 3 nitrogen and oxygen atoms in total. The van der Waals surface area contributed by atoms with Gasteiger partial charge in [-0.05, 0) is 47.2 Å². The van der Waals surface area contributed by atoms with E-state index in [1.807, 2.05) is 41.6 Å². The molecule has 0 N–H and O–H groups in total. The largest absolute Gasteiger partial charge is 0.253 e. The fourth-order valence-corrected chi connectivity index (χ4v) is 1.80. The number of rotatable bonds is 1. The standard InChI is InChI=1S/C10H6Cl2IN3/c1-5-2-3-14-6(4-5)10-15-8(11)7(13)9(12)16-10/h2-4H,1H3. The Balaban J connectivity index is 2.57. The van der Waals surface area contributed by atoms with Crippen LogP contribution >= 0.6 is 45.8 Å². The molecule has 0 radical (unpaired) electrons. The van der Waals surface area contributed by atoms with Crippen molar-refractivity contribution in [3.63, 3.8) is 0 Å². The van der Waals surface area contributed by atoms with Crippen LogP contribution in [0.25, 0.3) is 11.5 Å². The van der Waals surface area contributed by atoms with Gasteiger partial charge in [-0.3, -0.25) is 4.98 Å². The Morgan fingerprint density at radius 1 is 1.19 bits per heavy atom. The molecule has 0 fully saturated rings. The molecule has 0 atom stereocenters. The molecule has 0 spiro atoms. The molecule has 0 aliphatic heterocycles. The van der Waals surface area contributed by atoms with Gasteiger partial charge in [0.05, 0.1) is 3.57 Å². The Morgan fingerprint density at radius 3 is 2.38 bits per heavy atom. The van der Waals surface area contributed by atoms with Crippen LogP contribution in [0.5, 0.6) is 0 Å². The maximum atomic E-state index is 5.94.